The van der Waals surface area contributed by atoms with E-state index in [0.29, 0.717) is 19.4 Å². The number of hydrogen-bond donors (Lipinski definition) is 3. The summed E-state index contributed by atoms with van der Waals surface area (Å²) >= 11 is 0. The Hall–Kier alpha value is -1.44. The zero-order valence-corrected chi connectivity index (χ0v) is 12.5. The number of sulfonamides is 1. The standard InChI is InChI=1S/C13H21N3O3S/c1-13(2,14)8-7-12(17)16-9-10-3-5-11(6-4-10)20(15,18)19/h3-6H,7-9,14H2,1-2H3,(H,16,17)(H2,15,18,19). The molecule has 0 bridgehead atoms. The molecule has 0 saturated heterocycles. The number of nitrogens with two attached hydrogens (primary N) is 2. The van der Waals surface area contributed by atoms with Crippen molar-refractivity contribution in [1.82, 2.24) is 5.32 Å². The molecule has 0 aliphatic heterocycles. The van der Waals surface area contributed by atoms with Gasteiger partial charge in [-0.05, 0) is 38.0 Å². The Morgan fingerprint density at radius 1 is 1.25 bits per heavy atom. The molecule has 0 saturated carbocycles. The largest absolute Gasteiger partial charge is 0.352 e. The van der Waals surface area contributed by atoms with Gasteiger partial charge in [0, 0.05) is 18.5 Å². The van der Waals surface area contributed by atoms with Gasteiger partial charge in [-0.15, -0.1) is 0 Å². The van der Waals surface area contributed by atoms with Gasteiger partial charge in [0.05, 0.1) is 4.90 Å². The molecule has 6 nitrogen and oxygen atoms in total. The number of benzene rings is 1. The van der Waals surface area contributed by atoms with Crippen LogP contribution >= 0.6 is 0 Å². The summed E-state index contributed by atoms with van der Waals surface area (Å²) in [5, 5.41) is 7.75. The van der Waals surface area contributed by atoms with E-state index in [0.717, 1.165) is 5.56 Å². The van der Waals surface area contributed by atoms with E-state index >= 15 is 0 Å². The Kier molecular flexibility index (Phi) is 5.27. The molecule has 20 heavy (non-hydrogen) atoms. The van der Waals surface area contributed by atoms with Crippen LogP contribution in [0.5, 0.6) is 0 Å². The first-order valence-corrected chi connectivity index (χ1v) is 7.80. The number of nitrogens with one attached hydrogen (secondary N) is 1. The second-order valence-electron chi connectivity index (χ2n) is 5.45. The van der Waals surface area contributed by atoms with Gasteiger partial charge in [0.1, 0.15) is 0 Å². The van der Waals surface area contributed by atoms with Gasteiger partial charge in [-0.25, -0.2) is 13.6 Å². The maximum absolute atomic E-state index is 11.6. The summed E-state index contributed by atoms with van der Waals surface area (Å²) in [6, 6.07) is 6.07. The zero-order chi connectivity index (χ0) is 15.4. The molecule has 0 aliphatic carbocycles. The maximum atomic E-state index is 11.6. The highest BCUT2D eigenvalue weighted by Gasteiger charge is 2.13. The van der Waals surface area contributed by atoms with Gasteiger partial charge >= 0.3 is 0 Å². The van der Waals surface area contributed by atoms with E-state index in [2.05, 4.69) is 5.32 Å². The van der Waals surface area contributed by atoms with Crippen LogP contribution in [0.1, 0.15) is 32.3 Å². The third-order valence-corrected chi connectivity index (χ3v) is 3.67. The van der Waals surface area contributed by atoms with E-state index in [4.69, 9.17) is 10.9 Å². The van der Waals surface area contributed by atoms with Crippen molar-refractivity contribution in [3.8, 4) is 0 Å². The highest BCUT2D eigenvalue weighted by atomic mass is 32.2. The quantitative estimate of drug-likeness (QED) is 0.708. The van der Waals surface area contributed by atoms with Crippen molar-refractivity contribution < 1.29 is 13.2 Å². The molecule has 0 heterocycles. The minimum atomic E-state index is -3.68. The summed E-state index contributed by atoms with van der Waals surface area (Å²) in [5.74, 6) is -0.0842. The minimum absolute atomic E-state index is 0.0532. The van der Waals surface area contributed by atoms with Crippen LogP contribution in [0.25, 0.3) is 0 Å². The lowest BCUT2D eigenvalue weighted by Crippen LogP contribution is -2.34. The molecule has 1 aromatic carbocycles. The smallest absolute Gasteiger partial charge is 0.238 e. The second kappa shape index (κ2) is 6.34. The Balaban J connectivity index is 2.48. The molecule has 5 N–H and O–H groups in total. The topological polar surface area (TPSA) is 115 Å². The van der Waals surface area contributed by atoms with Crippen molar-refractivity contribution in [2.45, 2.75) is 43.7 Å². The molecular weight excluding hydrogens is 278 g/mol. The predicted octanol–water partition coefficient (Wildman–Crippen LogP) is 0.468. The number of rotatable bonds is 6. The second-order valence-corrected chi connectivity index (χ2v) is 7.02. The summed E-state index contributed by atoms with van der Waals surface area (Å²) in [5.41, 5.74) is 6.24. The lowest BCUT2D eigenvalue weighted by atomic mass is 10.00. The van der Waals surface area contributed by atoms with Crippen LogP contribution < -0.4 is 16.2 Å². The molecule has 1 aromatic rings. The van der Waals surface area contributed by atoms with Gasteiger partial charge < -0.3 is 11.1 Å². The van der Waals surface area contributed by atoms with Gasteiger partial charge in [-0.3, -0.25) is 4.79 Å². The maximum Gasteiger partial charge on any atom is 0.238 e. The predicted molar refractivity (Wildman–Crippen MR) is 77.2 cm³/mol. The average Bonchev–Trinajstić information content (AvgIpc) is 2.32. The van der Waals surface area contributed by atoms with Crippen LogP contribution in [0.3, 0.4) is 0 Å². The van der Waals surface area contributed by atoms with Crippen molar-refractivity contribution in [3.63, 3.8) is 0 Å². The molecule has 7 heteroatoms. The number of carbonyl (C=O) groups excluding carboxylic acids is 1. The highest BCUT2D eigenvalue weighted by Crippen LogP contribution is 2.09. The van der Waals surface area contributed by atoms with Gasteiger partial charge in [0.15, 0.2) is 0 Å². The fourth-order valence-corrected chi connectivity index (χ4v) is 2.04. The molecule has 0 aromatic heterocycles. The van der Waals surface area contributed by atoms with Crippen LogP contribution in [0.2, 0.25) is 0 Å². The molecule has 112 valence electrons. The Labute approximate surface area is 119 Å². The third-order valence-electron chi connectivity index (χ3n) is 2.74. The third kappa shape index (κ3) is 6.14. The Morgan fingerprint density at radius 3 is 2.25 bits per heavy atom. The molecule has 0 fully saturated rings. The van der Waals surface area contributed by atoms with Crippen LogP contribution in [-0.2, 0) is 21.4 Å². The average molecular weight is 299 g/mol. The van der Waals surface area contributed by atoms with Gasteiger partial charge in [0.2, 0.25) is 15.9 Å². The van der Waals surface area contributed by atoms with E-state index < -0.39 is 10.0 Å². The van der Waals surface area contributed by atoms with Gasteiger partial charge in [0.25, 0.3) is 0 Å². The first-order valence-electron chi connectivity index (χ1n) is 6.25. The van der Waals surface area contributed by atoms with E-state index in [1.54, 1.807) is 12.1 Å². The summed E-state index contributed by atoms with van der Waals surface area (Å²) in [6.45, 7) is 4.08. The van der Waals surface area contributed by atoms with Crippen molar-refractivity contribution in [1.29, 1.82) is 0 Å². The number of hydrogen-bond acceptors (Lipinski definition) is 4. The molecule has 0 atom stereocenters. The van der Waals surface area contributed by atoms with Crippen LogP contribution in [0.4, 0.5) is 0 Å². The van der Waals surface area contributed by atoms with Gasteiger partial charge in [-0.2, -0.15) is 0 Å². The van der Waals surface area contributed by atoms with Crippen LogP contribution in [0.15, 0.2) is 29.2 Å². The van der Waals surface area contributed by atoms with Crippen molar-refractivity contribution >= 4 is 15.9 Å². The molecule has 0 aliphatic rings. The Bertz CT molecular complexity index is 560. The SMILES string of the molecule is CC(C)(N)CCC(=O)NCc1ccc(S(N)(=O)=O)cc1. The normalized spacial score (nSPS) is 12.2. The van der Waals surface area contributed by atoms with E-state index in [1.165, 1.54) is 12.1 Å². The van der Waals surface area contributed by atoms with E-state index in [-0.39, 0.29) is 16.3 Å². The highest BCUT2D eigenvalue weighted by molar-refractivity contribution is 7.89. The fourth-order valence-electron chi connectivity index (χ4n) is 1.52. The summed E-state index contributed by atoms with van der Waals surface area (Å²) < 4.78 is 22.2. The van der Waals surface area contributed by atoms with Crippen molar-refractivity contribution in [3.05, 3.63) is 29.8 Å². The number of amides is 1. The molecule has 0 spiro atoms. The first-order chi connectivity index (χ1) is 9.08. The van der Waals surface area contributed by atoms with E-state index in [1.807, 2.05) is 13.8 Å². The summed E-state index contributed by atoms with van der Waals surface area (Å²) in [4.78, 5) is 11.7. The van der Waals surface area contributed by atoms with E-state index in [9.17, 15) is 13.2 Å². The molecule has 1 amide bonds. The zero-order valence-electron chi connectivity index (χ0n) is 11.7. The lowest BCUT2D eigenvalue weighted by molar-refractivity contribution is -0.121. The van der Waals surface area contributed by atoms with Gasteiger partial charge in [-0.1, -0.05) is 12.1 Å². The van der Waals surface area contributed by atoms with Crippen molar-refractivity contribution in [2.75, 3.05) is 0 Å². The van der Waals surface area contributed by atoms with Crippen molar-refractivity contribution in [2.24, 2.45) is 10.9 Å². The molecule has 0 unspecified atom stereocenters. The van der Waals surface area contributed by atoms with Crippen LogP contribution in [0, 0.1) is 0 Å². The summed E-state index contributed by atoms with van der Waals surface area (Å²) in [7, 11) is -3.68. The van der Waals surface area contributed by atoms with Crippen LogP contribution in [-0.4, -0.2) is 19.9 Å². The fraction of sp³-hybridized carbons (Fsp3) is 0.462. The molecule has 1 rings (SSSR count). The number of primary sulfonamides is 1. The monoisotopic (exact) mass is 299 g/mol. The molecule has 0 radical (unpaired) electrons. The first kappa shape index (κ1) is 16.6. The Morgan fingerprint density at radius 2 is 1.80 bits per heavy atom. The molecular formula is C13H21N3O3S. The lowest BCUT2D eigenvalue weighted by Gasteiger charge is -2.17. The summed E-state index contributed by atoms with van der Waals surface area (Å²) in [6.07, 6.45) is 0.960. The number of carbonyl (C=O) groups is 1. The minimum Gasteiger partial charge on any atom is -0.352 e.